The smallest absolute Gasteiger partial charge is 0.138 e. The van der Waals surface area contributed by atoms with Gasteiger partial charge in [-0.15, -0.1) is 0 Å². The van der Waals surface area contributed by atoms with E-state index in [0.29, 0.717) is 0 Å². The highest BCUT2D eigenvalue weighted by Crippen LogP contribution is 2.40. The van der Waals surface area contributed by atoms with E-state index in [2.05, 4.69) is 18.2 Å². The Morgan fingerprint density at radius 2 is 2.29 bits per heavy atom. The van der Waals surface area contributed by atoms with Crippen LogP contribution in [0.15, 0.2) is 23.1 Å². The third-order valence-corrected chi connectivity index (χ3v) is 3.75. The minimum Gasteiger partial charge on any atom is -0.481 e. The molecular formula is C11H13NOS. The Kier molecular flexibility index (Phi) is 1.79. The van der Waals surface area contributed by atoms with E-state index < -0.39 is 0 Å². The molecule has 0 bridgehead atoms. The molecule has 3 heteroatoms. The van der Waals surface area contributed by atoms with Crippen molar-refractivity contribution in [3.63, 3.8) is 0 Å². The molecule has 0 spiro atoms. The van der Waals surface area contributed by atoms with Crippen LogP contribution in [0.3, 0.4) is 0 Å². The van der Waals surface area contributed by atoms with Gasteiger partial charge in [0.15, 0.2) is 0 Å². The summed E-state index contributed by atoms with van der Waals surface area (Å²) in [6.45, 7) is 0. The summed E-state index contributed by atoms with van der Waals surface area (Å²) in [5.41, 5.74) is 7.54. The van der Waals surface area contributed by atoms with Crippen molar-refractivity contribution in [3.05, 3.63) is 23.8 Å². The molecule has 1 aromatic carbocycles. The van der Waals surface area contributed by atoms with Gasteiger partial charge in [-0.2, -0.15) is 0 Å². The lowest BCUT2D eigenvalue weighted by Crippen LogP contribution is -2.24. The number of hydrogen-bond donors (Lipinski definition) is 1. The van der Waals surface area contributed by atoms with Crippen LogP contribution in [0.1, 0.15) is 18.4 Å². The lowest BCUT2D eigenvalue weighted by atomic mass is 10.1. The molecule has 14 heavy (non-hydrogen) atoms. The largest absolute Gasteiger partial charge is 0.481 e. The first-order chi connectivity index (χ1) is 6.75. The molecular weight excluding hydrogens is 194 g/mol. The standard InChI is InChI=1S/C11H13NOS/c12-11(3-4-11)6-8-1-2-9-10(5-8)14-7-13-9/h1-2,5H,3-4,6-7,12H2. The number of nitrogens with two attached hydrogens (primary N) is 1. The fourth-order valence-corrected chi connectivity index (χ4v) is 2.61. The van der Waals surface area contributed by atoms with Crippen molar-refractivity contribution >= 4 is 11.8 Å². The first-order valence-electron chi connectivity index (χ1n) is 4.93. The highest BCUT2D eigenvalue weighted by atomic mass is 32.2. The molecule has 0 atom stereocenters. The minimum absolute atomic E-state index is 0.109. The zero-order valence-corrected chi connectivity index (χ0v) is 8.77. The number of benzene rings is 1. The molecule has 0 radical (unpaired) electrons. The van der Waals surface area contributed by atoms with Crippen molar-refractivity contribution in [2.24, 2.45) is 5.73 Å². The summed E-state index contributed by atoms with van der Waals surface area (Å²) < 4.78 is 5.43. The summed E-state index contributed by atoms with van der Waals surface area (Å²) in [6, 6.07) is 6.42. The van der Waals surface area contributed by atoms with Crippen LogP contribution >= 0.6 is 11.8 Å². The molecule has 1 heterocycles. The lowest BCUT2D eigenvalue weighted by Gasteiger charge is -2.08. The summed E-state index contributed by atoms with van der Waals surface area (Å²) in [4.78, 5) is 1.27. The first-order valence-corrected chi connectivity index (χ1v) is 5.91. The highest BCUT2D eigenvalue weighted by Gasteiger charge is 2.38. The summed E-state index contributed by atoms with van der Waals surface area (Å²) >= 11 is 1.77. The number of hydrogen-bond acceptors (Lipinski definition) is 3. The molecule has 0 saturated heterocycles. The van der Waals surface area contributed by atoms with Crippen LogP contribution in [0.25, 0.3) is 0 Å². The van der Waals surface area contributed by atoms with E-state index in [1.165, 1.54) is 23.3 Å². The summed E-state index contributed by atoms with van der Waals surface area (Å²) in [5.74, 6) is 1.78. The van der Waals surface area contributed by atoms with Crippen molar-refractivity contribution in [3.8, 4) is 5.75 Å². The second-order valence-electron chi connectivity index (χ2n) is 4.23. The van der Waals surface area contributed by atoms with Gasteiger partial charge in [-0.25, -0.2) is 0 Å². The van der Waals surface area contributed by atoms with Gasteiger partial charge in [0.1, 0.15) is 11.7 Å². The molecule has 1 aromatic rings. The fourth-order valence-electron chi connectivity index (χ4n) is 1.79. The average molecular weight is 207 g/mol. The predicted octanol–water partition coefficient (Wildman–Crippen LogP) is 2.16. The van der Waals surface area contributed by atoms with E-state index in [1.54, 1.807) is 11.8 Å². The van der Waals surface area contributed by atoms with Crippen molar-refractivity contribution in [1.29, 1.82) is 0 Å². The average Bonchev–Trinajstić information content (AvgIpc) is 2.73. The molecule has 1 aliphatic carbocycles. The summed E-state index contributed by atoms with van der Waals surface area (Å²) in [7, 11) is 0. The Hall–Kier alpha value is -0.670. The summed E-state index contributed by atoms with van der Waals surface area (Å²) in [5, 5.41) is 0. The molecule has 2 N–H and O–H groups in total. The molecule has 1 saturated carbocycles. The molecule has 0 aromatic heterocycles. The lowest BCUT2D eigenvalue weighted by molar-refractivity contribution is 0.397. The van der Waals surface area contributed by atoms with Crippen LogP contribution in [0.4, 0.5) is 0 Å². The zero-order valence-electron chi connectivity index (χ0n) is 7.95. The maximum Gasteiger partial charge on any atom is 0.138 e. The van der Waals surface area contributed by atoms with Gasteiger partial charge in [-0.1, -0.05) is 17.8 Å². The SMILES string of the molecule is NC1(Cc2ccc3c(c2)SCO3)CC1. The van der Waals surface area contributed by atoms with Crippen molar-refractivity contribution < 1.29 is 4.74 Å². The van der Waals surface area contributed by atoms with E-state index in [1.807, 2.05) is 0 Å². The zero-order chi connectivity index (χ0) is 9.60. The van der Waals surface area contributed by atoms with Crippen LogP contribution < -0.4 is 10.5 Å². The summed E-state index contributed by atoms with van der Waals surface area (Å²) in [6.07, 6.45) is 3.36. The van der Waals surface area contributed by atoms with E-state index in [4.69, 9.17) is 10.5 Å². The molecule has 2 aliphatic rings. The number of fused-ring (bicyclic) bond motifs is 1. The van der Waals surface area contributed by atoms with E-state index in [0.717, 1.165) is 18.1 Å². The highest BCUT2D eigenvalue weighted by molar-refractivity contribution is 7.99. The normalized spacial score (nSPS) is 21.5. The van der Waals surface area contributed by atoms with Gasteiger partial charge in [0.2, 0.25) is 0 Å². The Morgan fingerprint density at radius 1 is 1.43 bits per heavy atom. The Morgan fingerprint density at radius 3 is 3.07 bits per heavy atom. The van der Waals surface area contributed by atoms with Crippen molar-refractivity contribution in [2.45, 2.75) is 29.7 Å². The monoisotopic (exact) mass is 207 g/mol. The fraction of sp³-hybridized carbons (Fsp3) is 0.455. The molecule has 2 nitrogen and oxygen atoms in total. The van der Waals surface area contributed by atoms with Crippen LogP contribution in [-0.4, -0.2) is 11.5 Å². The van der Waals surface area contributed by atoms with E-state index >= 15 is 0 Å². The van der Waals surface area contributed by atoms with Crippen LogP contribution in [-0.2, 0) is 6.42 Å². The molecule has 74 valence electrons. The third kappa shape index (κ3) is 1.51. The second-order valence-corrected chi connectivity index (χ2v) is 5.19. The predicted molar refractivity (Wildman–Crippen MR) is 57.7 cm³/mol. The second kappa shape index (κ2) is 2.91. The number of rotatable bonds is 2. The number of thioether (sulfide) groups is 1. The van der Waals surface area contributed by atoms with Gasteiger partial charge in [-0.3, -0.25) is 0 Å². The quantitative estimate of drug-likeness (QED) is 0.807. The molecule has 1 aliphatic heterocycles. The number of ether oxygens (including phenoxy) is 1. The Balaban J connectivity index is 1.85. The minimum atomic E-state index is 0.109. The van der Waals surface area contributed by atoms with Gasteiger partial charge >= 0.3 is 0 Å². The Bertz CT molecular complexity index is 374. The van der Waals surface area contributed by atoms with Gasteiger partial charge < -0.3 is 10.5 Å². The van der Waals surface area contributed by atoms with E-state index in [-0.39, 0.29) is 5.54 Å². The molecule has 3 rings (SSSR count). The van der Waals surface area contributed by atoms with Gasteiger partial charge in [0, 0.05) is 5.54 Å². The van der Waals surface area contributed by atoms with Gasteiger partial charge in [-0.05, 0) is 37.0 Å². The third-order valence-electron chi connectivity index (χ3n) is 2.89. The van der Waals surface area contributed by atoms with Crippen molar-refractivity contribution in [1.82, 2.24) is 0 Å². The van der Waals surface area contributed by atoms with Crippen molar-refractivity contribution in [2.75, 3.05) is 5.94 Å². The molecule has 0 unspecified atom stereocenters. The van der Waals surface area contributed by atoms with Crippen LogP contribution in [0.5, 0.6) is 5.75 Å². The Labute approximate surface area is 87.8 Å². The van der Waals surface area contributed by atoms with Gasteiger partial charge in [0.05, 0.1) is 4.90 Å². The van der Waals surface area contributed by atoms with Crippen LogP contribution in [0, 0.1) is 0 Å². The maximum absolute atomic E-state index is 6.09. The first kappa shape index (κ1) is 8.62. The molecule has 1 fully saturated rings. The topological polar surface area (TPSA) is 35.2 Å². The van der Waals surface area contributed by atoms with E-state index in [9.17, 15) is 0 Å². The maximum atomic E-state index is 6.09. The van der Waals surface area contributed by atoms with Crippen LogP contribution in [0.2, 0.25) is 0 Å². The molecule has 0 amide bonds. The van der Waals surface area contributed by atoms with Gasteiger partial charge in [0.25, 0.3) is 0 Å².